The number of hydrogen-bond acceptors (Lipinski definition) is 5. The molecule has 0 aliphatic carbocycles. The molecule has 0 fully saturated rings. The Kier molecular flexibility index (Phi) is 5.67. The summed E-state index contributed by atoms with van der Waals surface area (Å²) < 4.78 is 2.11. The third kappa shape index (κ3) is 3.60. The van der Waals surface area contributed by atoms with Crippen LogP contribution in [-0.4, -0.2) is 22.0 Å². The second kappa shape index (κ2) is 7.91. The Balaban J connectivity index is 2.71. The van der Waals surface area contributed by atoms with E-state index in [9.17, 15) is 14.9 Å². The largest absolute Gasteiger partial charge is 0.340 e. The van der Waals surface area contributed by atoms with Crippen LogP contribution in [0.4, 0.5) is 0 Å². The van der Waals surface area contributed by atoms with Crippen molar-refractivity contribution < 1.29 is 4.79 Å². The van der Waals surface area contributed by atoms with E-state index >= 15 is 0 Å². The predicted molar refractivity (Wildman–Crippen MR) is 92.2 cm³/mol. The summed E-state index contributed by atoms with van der Waals surface area (Å²) in [5.41, 5.74) is 0.233. The maximum absolute atomic E-state index is 12.5. The maximum Gasteiger partial charge on any atom is 0.269 e. The number of carbonyl (C=O) groups is 1. The Morgan fingerprint density at radius 1 is 1.54 bits per heavy atom. The lowest BCUT2D eigenvalue weighted by molar-refractivity contribution is -0.115. The summed E-state index contributed by atoms with van der Waals surface area (Å²) >= 11 is 1.08. The molecule has 0 bridgehead atoms. The number of amides is 1. The third-order valence-electron chi connectivity index (χ3n) is 3.09. The minimum atomic E-state index is -0.594. The van der Waals surface area contributed by atoms with Gasteiger partial charge in [0.15, 0.2) is 5.57 Å². The van der Waals surface area contributed by atoms with Crippen LogP contribution < -0.4 is 20.1 Å². The lowest BCUT2D eigenvalue weighted by Crippen LogP contribution is -2.34. The quantitative estimate of drug-likeness (QED) is 0.767. The first-order valence-electron chi connectivity index (χ1n) is 7.10. The molecule has 0 saturated heterocycles. The average Bonchev–Trinajstić information content (AvgIpc) is 2.90. The molecule has 0 atom stereocenters. The highest BCUT2D eigenvalue weighted by atomic mass is 32.1. The van der Waals surface area contributed by atoms with Gasteiger partial charge in [0.1, 0.15) is 10.7 Å². The Hall–Kier alpha value is -3.16. The van der Waals surface area contributed by atoms with Gasteiger partial charge in [-0.2, -0.15) is 5.26 Å². The van der Waals surface area contributed by atoms with Crippen LogP contribution in [0.2, 0.25) is 0 Å². The van der Waals surface area contributed by atoms with Gasteiger partial charge in [0.05, 0.1) is 16.8 Å². The SMILES string of the molecule is C#CCNC(=O)/C(C#N)=c1\s/c(=C\c2ccccn2)c(=O)n1CC. The monoisotopic (exact) mass is 338 g/mol. The first-order chi connectivity index (χ1) is 11.6. The van der Waals surface area contributed by atoms with Crippen LogP contribution in [-0.2, 0) is 11.3 Å². The van der Waals surface area contributed by atoms with Crippen molar-refractivity contribution in [2.45, 2.75) is 13.5 Å². The molecule has 2 rings (SSSR count). The Labute approximate surface area is 142 Å². The molecular weight excluding hydrogens is 324 g/mol. The van der Waals surface area contributed by atoms with Crippen LogP contribution in [0, 0.1) is 23.7 Å². The normalized spacial score (nSPS) is 12.2. The number of carbonyl (C=O) groups excluding carboxylic acids is 1. The summed E-state index contributed by atoms with van der Waals surface area (Å²) in [6, 6.07) is 7.22. The standard InChI is InChI=1S/C17H14N4O2S/c1-3-8-20-15(22)13(11-18)17-21(4-2)16(23)14(24-17)10-12-7-5-6-9-19-12/h1,5-7,9-10H,4,8H2,2H3,(H,20,22)/b14-10-,17-13-. The lowest BCUT2D eigenvalue weighted by Gasteiger charge is -2.00. The number of thiazole rings is 1. The van der Waals surface area contributed by atoms with Gasteiger partial charge in [-0.1, -0.05) is 12.0 Å². The summed E-state index contributed by atoms with van der Waals surface area (Å²) in [5, 5.41) is 11.8. The molecule has 2 aromatic rings. The molecule has 120 valence electrons. The predicted octanol–water partition coefficient (Wildman–Crippen LogP) is -0.423. The third-order valence-corrected chi connectivity index (χ3v) is 4.22. The van der Waals surface area contributed by atoms with Gasteiger partial charge in [-0.05, 0) is 25.1 Å². The summed E-state index contributed by atoms with van der Waals surface area (Å²) in [5.74, 6) is 1.68. The number of nitrogens with zero attached hydrogens (tertiary/aromatic N) is 3. The number of nitriles is 1. The number of aromatic nitrogens is 2. The van der Waals surface area contributed by atoms with E-state index in [1.54, 1.807) is 31.3 Å². The van der Waals surface area contributed by atoms with E-state index in [1.807, 2.05) is 12.1 Å². The van der Waals surface area contributed by atoms with E-state index in [2.05, 4.69) is 16.2 Å². The fourth-order valence-corrected chi connectivity index (χ4v) is 3.15. The molecule has 7 heteroatoms. The molecule has 0 aromatic carbocycles. The molecule has 1 N–H and O–H groups in total. The first kappa shape index (κ1) is 17.2. The van der Waals surface area contributed by atoms with Crippen LogP contribution in [0.3, 0.4) is 0 Å². The van der Waals surface area contributed by atoms with E-state index in [4.69, 9.17) is 6.42 Å². The van der Waals surface area contributed by atoms with Gasteiger partial charge >= 0.3 is 0 Å². The molecule has 0 aliphatic heterocycles. The van der Waals surface area contributed by atoms with Gasteiger partial charge in [-0.25, -0.2) is 0 Å². The Bertz CT molecular complexity index is 1000. The Morgan fingerprint density at radius 2 is 2.33 bits per heavy atom. The van der Waals surface area contributed by atoms with Gasteiger partial charge in [0.2, 0.25) is 0 Å². The van der Waals surface area contributed by atoms with Crippen molar-refractivity contribution in [2.24, 2.45) is 0 Å². The molecule has 0 aliphatic rings. The van der Waals surface area contributed by atoms with Crippen LogP contribution >= 0.6 is 11.3 Å². The molecule has 0 radical (unpaired) electrons. The number of terminal acetylenes is 1. The molecule has 0 saturated carbocycles. The van der Waals surface area contributed by atoms with Crippen LogP contribution in [0.25, 0.3) is 11.6 Å². The number of pyridine rings is 1. The smallest absolute Gasteiger partial charge is 0.269 e. The fraction of sp³-hybridized carbons (Fsp3) is 0.176. The van der Waals surface area contributed by atoms with Gasteiger partial charge in [0, 0.05) is 12.7 Å². The van der Waals surface area contributed by atoms with Crippen molar-refractivity contribution in [3.63, 3.8) is 0 Å². The molecule has 0 spiro atoms. The number of rotatable bonds is 4. The maximum atomic E-state index is 12.5. The van der Waals surface area contributed by atoms with Crippen molar-refractivity contribution in [3.05, 3.63) is 49.6 Å². The van der Waals surface area contributed by atoms with Gasteiger partial charge in [-0.3, -0.25) is 19.1 Å². The molecule has 2 aromatic heterocycles. The van der Waals surface area contributed by atoms with Crippen LogP contribution in [0.1, 0.15) is 12.6 Å². The van der Waals surface area contributed by atoms with Crippen LogP contribution in [0.5, 0.6) is 0 Å². The highest BCUT2D eigenvalue weighted by Gasteiger charge is 2.14. The molecule has 6 nitrogen and oxygen atoms in total. The fourth-order valence-electron chi connectivity index (χ4n) is 2.00. The summed E-state index contributed by atoms with van der Waals surface area (Å²) in [4.78, 5) is 28.7. The zero-order valence-corrected chi connectivity index (χ0v) is 13.8. The first-order valence-corrected chi connectivity index (χ1v) is 7.92. The lowest BCUT2D eigenvalue weighted by atomic mass is 10.3. The van der Waals surface area contributed by atoms with Crippen molar-refractivity contribution in [2.75, 3.05) is 6.54 Å². The van der Waals surface area contributed by atoms with E-state index in [0.717, 1.165) is 11.3 Å². The summed E-state index contributed by atoms with van der Waals surface area (Å²) in [6.45, 7) is 2.13. The topological polar surface area (TPSA) is 87.8 Å². The zero-order chi connectivity index (χ0) is 17.5. The molecule has 24 heavy (non-hydrogen) atoms. The van der Waals surface area contributed by atoms with Crippen LogP contribution in [0.15, 0.2) is 29.2 Å². The number of hydrogen-bond donors (Lipinski definition) is 1. The molecule has 1 amide bonds. The van der Waals surface area contributed by atoms with Crippen molar-refractivity contribution in [1.82, 2.24) is 14.9 Å². The second-order valence-corrected chi connectivity index (χ2v) is 5.62. The van der Waals surface area contributed by atoms with Gasteiger partial charge in [-0.15, -0.1) is 17.8 Å². The van der Waals surface area contributed by atoms with Crippen molar-refractivity contribution in [1.29, 1.82) is 5.26 Å². The highest BCUT2D eigenvalue weighted by Crippen LogP contribution is 1.95. The molecule has 0 unspecified atom stereocenters. The molecule has 2 heterocycles. The average molecular weight is 338 g/mol. The van der Waals surface area contributed by atoms with Crippen molar-refractivity contribution >= 4 is 28.9 Å². The molecular formula is C17H14N4O2S. The minimum absolute atomic E-state index is 0.0126. The van der Waals surface area contributed by atoms with Gasteiger partial charge < -0.3 is 5.32 Å². The summed E-state index contributed by atoms with van der Waals surface area (Å²) in [7, 11) is 0. The van der Waals surface area contributed by atoms with E-state index in [-0.39, 0.29) is 17.7 Å². The second-order valence-electron chi connectivity index (χ2n) is 4.59. The van der Waals surface area contributed by atoms with E-state index in [1.165, 1.54) is 4.57 Å². The summed E-state index contributed by atoms with van der Waals surface area (Å²) in [6.07, 6.45) is 8.37. The zero-order valence-electron chi connectivity index (χ0n) is 12.9. The van der Waals surface area contributed by atoms with E-state index < -0.39 is 5.91 Å². The van der Waals surface area contributed by atoms with Gasteiger partial charge in [0.25, 0.3) is 11.5 Å². The van der Waals surface area contributed by atoms with E-state index in [0.29, 0.717) is 21.4 Å². The highest BCUT2D eigenvalue weighted by molar-refractivity contribution is 7.07. The Morgan fingerprint density at radius 3 is 2.92 bits per heavy atom. The minimum Gasteiger partial charge on any atom is -0.340 e. The number of nitrogens with one attached hydrogen (secondary N) is 1. The van der Waals surface area contributed by atoms with Crippen molar-refractivity contribution in [3.8, 4) is 18.4 Å².